The summed E-state index contributed by atoms with van der Waals surface area (Å²) in [6.07, 6.45) is 0. The van der Waals surface area contributed by atoms with Gasteiger partial charge in [-0.2, -0.15) is 0 Å². The normalized spacial score (nSPS) is 10.9. The molecule has 0 spiro atoms. The Kier molecular flexibility index (Phi) is 3.21. The number of hydrogen-bond acceptors (Lipinski definition) is 4. The van der Waals surface area contributed by atoms with E-state index >= 15 is 0 Å². The van der Waals surface area contributed by atoms with Gasteiger partial charge < -0.3 is 4.74 Å². The van der Waals surface area contributed by atoms with Crippen LogP contribution < -0.4 is 9.88 Å². The second-order valence-electron chi connectivity index (χ2n) is 2.52. The zero-order valence-electron chi connectivity index (χ0n) is 7.21. The third-order valence-corrected chi connectivity index (χ3v) is 2.17. The zero-order valence-corrected chi connectivity index (χ0v) is 8.03. The molecule has 1 aromatic rings. The lowest BCUT2D eigenvalue weighted by Crippen LogP contribution is -2.28. The van der Waals surface area contributed by atoms with Crippen molar-refractivity contribution in [3.63, 3.8) is 0 Å². The van der Waals surface area contributed by atoms with E-state index in [0.29, 0.717) is 5.75 Å². The maximum Gasteiger partial charge on any atom is 0.298 e. The van der Waals surface area contributed by atoms with E-state index in [1.54, 1.807) is 30.3 Å². The van der Waals surface area contributed by atoms with Crippen LogP contribution in [0.2, 0.25) is 0 Å². The molecule has 0 amide bonds. The molecule has 2 N–H and O–H groups in total. The smallest absolute Gasteiger partial charge is 0.298 e. The number of benzene rings is 1. The van der Waals surface area contributed by atoms with Crippen molar-refractivity contribution in [3.05, 3.63) is 30.3 Å². The summed E-state index contributed by atoms with van der Waals surface area (Å²) in [7, 11) is -4.14. The van der Waals surface area contributed by atoms with E-state index in [-0.39, 0.29) is 0 Å². The fourth-order valence-electron chi connectivity index (χ4n) is 0.741. The van der Waals surface area contributed by atoms with Gasteiger partial charge in [0, 0.05) is 0 Å². The Morgan fingerprint density at radius 3 is 2.36 bits per heavy atom. The largest absolute Gasteiger partial charge is 0.485 e. The highest BCUT2D eigenvalue weighted by Crippen LogP contribution is 2.07. The van der Waals surface area contributed by atoms with Crippen molar-refractivity contribution in [2.45, 2.75) is 0 Å². The summed E-state index contributed by atoms with van der Waals surface area (Å²) in [5.74, 6) is 0.421. The number of sulfonamides is 1. The van der Waals surface area contributed by atoms with Gasteiger partial charge in [-0.05, 0) is 12.1 Å². The maximum absolute atomic E-state index is 10.8. The Morgan fingerprint density at radius 2 is 1.86 bits per heavy atom. The maximum atomic E-state index is 10.8. The average molecular weight is 215 g/mol. The van der Waals surface area contributed by atoms with Crippen LogP contribution in [0.5, 0.6) is 5.75 Å². The zero-order chi connectivity index (χ0) is 10.6. The van der Waals surface area contributed by atoms with Gasteiger partial charge in [-0.1, -0.05) is 18.2 Å². The first-order valence-corrected chi connectivity index (χ1v) is 5.28. The summed E-state index contributed by atoms with van der Waals surface area (Å²) in [6.45, 7) is -0.567. The highest BCUT2D eigenvalue weighted by molar-refractivity contribution is 8.04. The Balaban J connectivity index is 2.55. The van der Waals surface area contributed by atoms with Gasteiger partial charge in [0.15, 0.2) is 6.61 Å². The van der Waals surface area contributed by atoms with Gasteiger partial charge in [0.05, 0.1) is 0 Å². The summed E-state index contributed by atoms with van der Waals surface area (Å²) in [6, 6.07) is 8.40. The molecular weight excluding hydrogens is 206 g/mol. The second kappa shape index (κ2) is 4.21. The van der Waals surface area contributed by atoms with Crippen LogP contribution in [0.3, 0.4) is 0 Å². The molecule has 0 atom stereocenters. The van der Waals surface area contributed by atoms with E-state index in [1.807, 2.05) is 0 Å². The van der Waals surface area contributed by atoms with Crippen LogP contribution in [0.1, 0.15) is 0 Å². The lowest BCUT2D eigenvalue weighted by Gasteiger charge is -2.02. The lowest BCUT2D eigenvalue weighted by molar-refractivity contribution is -0.113. The van der Waals surface area contributed by atoms with Crippen molar-refractivity contribution >= 4 is 15.1 Å². The van der Waals surface area contributed by atoms with E-state index < -0.39 is 21.7 Å². The molecule has 1 rings (SSSR count). The predicted octanol–water partition coefficient (Wildman–Crippen LogP) is -0.119. The Morgan fingerprint density at radius 1 is 1.29 bits per heavy atom. The first-order chi connectivity index (χ1) is 6.50. The number of nitrogens with two attached hydrogens (primary N) is 1. The van der Waals surface area contributed by atoms with Crippen LogP contribution in [-0.2, 0) is 14.8 Å². The molecule has 0 saturated carbocycles. The first-order valence-electron chi connectivity index (χ1n) is 3.73. The van der Waals surface area contributed by atoms with Gasteiger partial charge in [0.2, 0.25) is 0 Å². The van der Waals surface area contributed by atoms with Crippen molar-refractivity contribution in [3.8, 4) is 5.75 Å². The van der Waals surface area contributed by atoms with Crippen LogP contribution in [0.4, 0.5) is 0 Å². The minimum absolute atomic E-state index is 0.421. The van der Waals surface area contributed by atoms with Gasteiger partial charge in [-0.3, -0.25) is 4.79 Å². The number of primary sulfonamides is 1. The first kappa shape index (κ1) is 10.7. The molecule has 0 aliphatic heterocycles. The lowest BCUT2D eigenvalue weighted by atomic mass is 10.3. The van der Waals surface area contributed by atoms with Crippen LogP contribution in [0, 0.1) is 0 Å². The third-order valence-electron chi connectivity index (χ3n) is 1.42. The average Bonchev–Trinajstić information content (AvgIpc) is 2.14. The molecule has 0 aliphatic carbocycles. The highest BCUT2D eigenvalue weighted by atomic mass is 32.2. The number of carbonyl (C=O) groups excluding carboxylic acids is 1. The predicted molar refractivity (Wildman–Crippen MR) is 50.1 cm³/mol. The van der Waals surface area contributed by atoms with Crippen molar-refractivity contribution in [1.29, 1.82) is 0 Å². The number of rotatable bonds is 3. The van der Waals surface area contributed by atoms with E-state index in [2.05, 4.69) is 5.14 Å². The van der Waals surface area contributed by atoms with Gasteiger partial charge in [0.1, 0.15) is 5.75 Å². The number of para-hydroxylation sites is 1. The Bertz CT molecular complexity index is 412. The number of ether oxygens (including phenoxy) is 1. The fraction of sp³-hybridized carbons (Fsp3) is 0.125. The summed E-state index contributed by atoms with van der Waals surface area (Å²) in [5.41, 5.74) is 0. The molecule has 0 aromatic heterocycles. The van der Waals surface area contributed by atoms with Crippen molar-refractivity contribution in [1.82, 2.24) is 0 Å². The Hall–Kier alpha value is -1.40. The molecule has 5 nitrogen and oxygen atoms in total. The summed E-state index contributed by atoms with van der Waals surface area (Å²) in [4.78, 5) is 10.8. The van der Waals surface area contributed by atoms with Gasteiger partial charge >= 0.3 is 0 Å². The minimum Gasteiger partial charge on any atom is -0.485 e. The van der Waals surface area contributed by atoms with Crippen LogP contribution in [-0.4, -0.2) is 20.1 Å². The van der Waals surface area contributed by atoms with Crippen molar-refractivity contribution in [2.24, 2.45) is 5.14 Å². The standard InChI is InChI=1S/C8H9NO4S/c9-14(11,12)8(10)6-13-7-4-2-1-3-5-7/h1-5H,6H2,(H2,9,11,12). The van der Waals surface area contributed by atoms with E-state index in [0.717, 1.165) is 0 Å². The SMILES string of the molecule is NS(=O)(=O)C(=O)COc1ccccc1. The van der Waals surface area contributed by atoms with Crippen LogP contribution in [0.25, 0.3) is 0 Å². The minimum atomic E-state index is -4.14. The van der Waals surface area contributed by atoms with Crippen LogP contribution in [0.15, 0.2) is 30.3 Å². The van der Waals surface area contributed by atoms with Gasteiger partial charge in [-0.25, -0.2) is 13.6 Å². The quantitative estimate of drug-likeness (QED) is 0.761. The van der Waals surface area contributed by atoms with Gasteiger partial charge in [-0.15, -0.1) is 0 Å². The monoisotopic (exact) mass is 215 g/mol. The molecule has 6 heteroatoms. The summed E-state index contributed by atoms with van der Waals surface area (Å²) in [5, 5.41) is 3.45. The molecule has 0 radical (unpaired) electrons. The molecule has 0 unspecified atom stereocenters. The Labute approximate surface area is 81.5 Å². The molecule has 76 valence electrons. The number of carbonyl (C=O) groups is 1. The van der Waals surface area contributed by atoms with Gasteiger partial charge in [0.25, 0.3) is 15.1 Å². The molecular formula is C8H9NO4S. The molecule has 14 heavy (non-hydrogen) atoms. The summed E-state index contributed by atoms with van der Waals surface area (Å²) >= 11 is 0. The van der Waals surface area contributed by atoms with E-state index in [9.17, 15) is 13.2 Å². The highest BCUT2D eigenvalue weighted by Gasteiger charge is 2.16. The van der Waals surface area contributed by atoms with E-state index in [4.69, 9.17) is 4.74 Å². The number of hydrogen-bond donors (Lipinski definition) is 1. The van der Waals surface area contributed by atoms with Crippen LogP contribution >= 0.6 is 0 Å². The topological polar surface area (TPSA) is 86.5 Å². The summed E-state index contributed by atoms with van der Waals surface area (Å²) < 4.78 is 25.9. The molecule has 0 heterocycles. The fourth-order valence-corrected chi connectivity index (χ4v) is 0.964. The molecule has 0 fully saturated rings. The molecule has 0 aliphatic rings. The molecule has 1 aromatic carbocycles. The van der Waals surface area contributed by atoms with E-state index in [1.165, 1.54) is 0 Å². The molecule has 0 saturated heterocycles. The second-order valence-corrected chi connectivity index (χ2v) is 4.06. The molecule has 0 bridgehead atoms. The van der Waals surface area contributed by atoms with Crippen molar-refractivity contribution < 1.29 is 17.9 Å². The van der Waals surface area contributed by atoms with Crippen molar-refractivity contribution in [2.75, 3.05) is 6.61 Å². The third kappa shape index (κ3) is 3.15.